The van der Waals surface area contributed by atoms with Gasteiger partial charge in [0.2, 0.25) is 0 Å². The molecule has 2 unspecified atom stereocenters. The van der Waals surface area contributed by atoms with Crippen molar-refractivity contribution in [2.24, 2.45) is 11.8 Å². The second-order valence-corrected chi connectivity index (χ2v) is 6.52. The summed E-state index contributed by atoms with van der Waals surface area (Å²) in [5, 5.41) is 2.42. The minimum absolute atomic E-state index is 0.00320. The zero-order chi connectivity index (χ0) is 17.4. The first kappa shape index (κ1) is 18.3. The van der Waals surface area contributed by atoms with E-state index in [0.29, 0.717) is 19.1 Å². The van der Waals surface area contributed by atoms with Gasteiger partial charge in [0.15, 0.2) is 0 Å². The van der Waals surface area contributed by atoms with Crippen LogP contribution in [0, 0.1) is 11.8 Å². The number of benzene rings is 2. The molecule has 0 spiro atoms. The molecule has 3 heteroatoms. The molecule has 0 aliphatic carbocycles. The van der Waals surface area contributed by atoms with Gasteiger partial charge in [-0.1, -0.05) is 51.1 Å². The fourth-order valence-corrected chi connectivity index (χ4v) is 2.45. The molecule has 0 aromatic heterocycles. The van der Waals surface area contributed by atoms with Gasteiger partial charge in [-0.3, -0.25) is 4.79 Å². The van der Waals surface area contributed by atoms with Gasteiger partial charge in [-0.05, 0) is 48.1 Å². The topological polar surface area (TPSA) is 35.5 Å². The Morgan fingerprint density at radius 3 is 2.46 bits per heavy atom. The van der Waals surface area contributed by atoms with E-state index >= 15 is 0 Å². The SMILES string of the molecule is CCC(C)C(=O)OCCC(C)CCOc1ccc2ccccc2c1. The first-order chi connectivity index (χ1) is 11.6. The maximum Gasteiger partial charge on any atom is 0.308 e. The molecule has 0 fully saturated rings. The van der Waals surface area contributed by atoms with E-state index in [4.69, 9.17) is 9.47 Å². The first-order valence-corrected chi connectivity index (χ1v) is 8.88. The van der Waals surface area contributed by atoms with E-state index in [-0.39, 0.29) is 11.9 Å². The van der Waals surface area contributed by atoms with Crippen LogP contribution >= 0.6 is 0 Å². The molecule has 0 amide bonds. The van der Waals surface area contributed by atoms with Crippen molar-refractivity contribution in [2.75, 3.05) is 13.2 Å². The number of fused-ring (bicyclic) bond motifs is 1. The fraction of sp³-hybridized carbons (Fsp3) is 0.476. The van der Waals surface area contributed by atoms with Gasteiger partial charge in [-0.25, -0.2) is 0 Å². The molecule has 2 aromatic rings. The first-order valence-electron chi connectivity index (χ1n) is 8.88. The Bertz CT molecular complexity index is 650. The quantitative estimate of drug-likeness (QED) is 0.592. The van der Waals surface area contributed by atoms with Crippen molar-refractivity contribution in [1.82, 2.24) is 0 Å². The number of hydrogen-bond donors (Lipinski definition) is 0. The molecule has 3 nitrogen and oxygen atoms in total. The lowest BCUT2D eigenvalue weighted by atomic mass is 10.1. The highest BCUT2D eigenvalue weighted by molar-refractivity contribution is 5.83. The summed E-state index contributed by atoms with van der Waals surface area (Å²) >= 11 is 0. The third kappa shape index (κ3) is 5.55. The predicted octanol–water partition coefficient (Wildman–Crippen LogP) is 5.22. The third-order valence-electron chi connectivity index (χ3n) is 4.47. The summed E-state index contributed by atoms with van der Waals surface area (Å²) in [6.45, 7) is 7.25. The highest BCUT2D eigenvalue weighted by atomic mass is 16.5. The van der Waals surface area contributed by atoms with Gasteiger partial charge in [-0.15, -0.1) is 0 Å². The van der Waals surface area contributed by atoms with Gasteiger partial charge < -0.3 is 9.47 Å². The second-order valence-electron chi connectivity index (χ2n) is 6.52. The minimum atomic E-state index is -0.0860. The molecule has 0 radical (unpaired) electrons. The molecule has 0 heterocycles. The molecule has 0 bridgehead atoms. The van der Waals surface area contributed by atoms with Crippen molar-refractivity contribution < 1.29 is 14.3 Å². The Labute approximate surface area is 145 Å². The molecule has 0 N–H and O–H groups in total. The molecule has 0 saturated carbocycles. The van der Waals surface area contributed by atoms with Gasteiger partial charge in [0.25, 0.3) is 0 Å². The molecule has 0 aliphatic heterocycles. The van der Waals surface area contributed by atoms with Crippen LogP contribution in [0.5, 0.6) is 5.75 Å². The van der Waals surface area contributed by atoms with Gasteiger partial charge in [0.05, 0.1) is 19.1 Å². The van der Waals surface area contributed by atoms with Gasteiger partial charge in [-0.2, -0.15) is 0 Å². The van der Waals surface area contributed by atoms with E-state index in [9.17, 15) is 4.79 Å². The molecule has 130 valence electrons. The summed E-state index contributed by atoms with van der Waals surface area (Å²) in [6, 6.07) is 14.4. The smallest absolute Gasteiger partial charge is 0.308 e. The second kappa shape index (κ2) is 9.31. The standard InChI is InChI=1S/C21H28O3/c1-4-17(3)21(22)24-14-12-16(2)11-13-23-20-10-9-18-7-5-6-8-19(18)15-20/h5-10,15-17H,4,11-14H2,1-3H3. The fourth-order valence-electron chi connectivity index (χ4n) is 2.45. The summed E-state index contributed by atoms with van der Waals surface area (Å²) in [5.41, 5.74) is 0. The summed E-state index contributed by atoms with van der Waals surface area (Å²) < 4.78 is 11.2. The zero-order valence-electron chi connectivity index (χ0n) is 15.0. The normalized spacial score (nSPS) is 13.5. The van der Waals surface area contributed by atoms with Crippen LogP contribution in [-0.2, 0) is 9.53 Å². The summed E-state index contributed by atoms with van der Waals surface area (Å²) in [5.74, 6) is 1.29. The van der Waals surface area contributed by atoms with E-state index in [1.807, 2.05) is 32.0 Å². The van der Waals surface area contributed by atoms with Crippen LogP contribution in [-0.4, -0.2) is 19.2 Å². The Balaban J connectivity index is 1.68. The van der Waals surface area contributed by atoms with Crippen LogP contribution in [0.4, 0.5) is 0 Å². The monoisotopic (exact) mass is 328 g/mol. The molecule has 2 atom stereocenters. The average molecular weight is 328 g/mol. The van der Waals surface area contributed by atoms with Crippen LogP contribution in [0.1, 0.15) is 40.0 Å². The third-order valence-corrected chi connectivity index (χ3v) is 4.47. The van der Waals surface area contributed by atoms with Crippen LogP contribution in [0.3, 0.4) is 0 Å². The number of ether oxygens (including phenoxy) is 2. The Kier molecular flexibility index (Phi) is 7.10. The highest BCUT2D eigenvalue weighted by Gasteiger charge is 2.12. The molecule has 2 rings (SSSR count). The molecular formula is C21H28O3. The van der Waals surface area contributed by atoms with E-state index in [1.54, 1.807) is 0 Å². The number of carbonyl (C=O) groups is 1. The van der Waals surface area contributed by atoms with Crippen molar-refractivity contribution in [3.63, 3.8) is 0 Å². The number of carbonyl (C=O) groups excluding carboxylic acids is 1. The molecule has 24 heavy (non-hydrogen) atoms. The number of hydrogen-bond acceptors (Lipinski definition) is 3. The summed E-state index contributed by atoms with van der Waals surface area (Å²) in [6.07, 6.45) is 2.66. The van der Waals surface area contributed by atoms with Gasteiger partial charge in [0.1, 0.15) is 5.75 Å². The van der Waals surface area contributed by atoms with E-state index in [1.165, 1.54) is 10.8 Å². The largest absolute Gasteiger partial charge is 0.494 e. The summed E-state index contributed by atoms with van der Waals surface area (Å²) in [7, 11) is 0. The van der Waals surface area contributed by atoms with Crippen molar-refractivity contribution >= 4 is 16.7 Å². The van der Waals surface area contributed by atoms with Gasteiger partial charge in [0, 0.05) is 0 Å². The molecular weight excluding hydrogens is 300 g/mol. The maximum atomic E-state index is 11.6. The lowest BCUT2D eigenvalue weighted by Gasteiger charge is -2.14. The van der Waals surface area contributed by atoms with Crippen molar-refractivity contribution in [1.29, 1.82) is 0 Å². The Morgan fingerprint density at radius 1 is 1.00 bits per heavy atom. The Morgan fingerprint density at radius 2 is 1.71 bits per heavy atom. The van der Waals surface area contributed by atoms with E-state index in [0.717, 1.165) is 25.0 Å². The molecule has 0 saturated heterocycles. The lowest BCUT2D eigenvalue weighted by Crippen LogP contribution is -2.16. The number of rotatable bonds is 9. The van der Waals surface area contributed by atoms with Crippen molar-refractivity contribution in [3.05, 3.63) is 42.5 Å². The average Bonchev–Trinajstić information content (AvgIpc) is 2.60. The van der Waals surface area contributed by atoms with Crippen LogP contribution < -0.4 is 4.74 Å². The van der Waals surface area contributed by atoms with Crippen molar-refractivity contribution in [2.45, 2.75) is 40.0 Å². The Hall–Kier alpha value is -2.03. The lowest BCUT2D eigenvalue weighted by molar-refractivity contribution is -0.148. The molecule has 2 aromatic carbocycles. The van der Waals surface area contributed by atoms with Crippen molar-refractivity contribution in [3.8, 4) is 5.75 Å². The van der Waals surface area contributed by atoms with Crippen LogP contribution in [0.25, 0.3) is 10.8 Å². The highest BCUT2D eigenvalue weighted by Crippen LogP contribution is 2.21. The maximum absolute atomic E-state index is 11.6. The van der Waals surface area contributed by atoms with E-state index in [2.05, 4.69) is 31.2 Å². The van der Waals surface area contributed by atoms with Crippen LogP contribution in [0.15, 0.2) is 42.5 Å². The van der Waals surface area contributed by atoms with E-state index < -0.39 is 0 Å². The van der Waals surface area contributed by atoms with Gasteiger partial charge >= 0.3 is 5.97 Å². The van der Waals surface area contributed by atoms with Crippen LogP contribution in [0.2, 0.25) is 0 Å². The summed E-state index contributed by atoms with van der Waals surface area (Å²) in [4.78, 5) is 11.6. The predicted molar refractivity (Wildman–Crippen MR) is 98.3 cm³/mol. The minimum Gasteiger partial charge on any atom is -0.494 e. The number of esters is 1. The zero-order valence-corrected chi connectivity index (χ0v) is 15.0. The molecule has 0 aliphatic rings.